The van der Waals surface area contributed by atoms with Gasteiger partial charge in [-0.3, -0.25) is 0 Å². The third kappa shape index (κ3) is 4.12. The summed E-state index contributed by atoms with van der Waals surface area (Å²) < 4.78 is 0.996. The Morgan fingerprint density at radius 3 is 2.44 bits per heavy atom. The van der Waals surface area contributed by atoms with Gasteiger partial charge in [0, 0.05) is 20.6 Å². The zero-order chi connectivity index (χ0) is 13.7. The number of halogens is 1. The van der Waals surface area contributed by atoms with E-state index in [-0.39, 0.29) is 0 Å². The fourth-order valence-electron chi connectivity index (χ4n) is 1.56. The SMILES string of the molecule is CCCNc1nc(N(C)C)nc(CC(C)C)c1Br. The van der Waals surface area contributed by atoms with Crippen LogP contribution in [-0.2, 0) is 6.42 Å². The van der Waals surface area contributed by atoms with Gasteiger partial charge in [-0.1, -0.05) is 20.8 Å². The molecule has 1 aromatic rings. The number of nitrogens with zero attached hydrogens (tertiary/aromatic N) is 3. The Labute approximate surface area is 118 Å². The number of nitrogens with one attached hydrogen (secondary N) is 1. The lowest BCUT2D eigenvalue weighted by Gasteiger charge is -2.17. The zero-order valence-corrected chi connectivity index (χ0v) is 13.5. The van der Waals surface area contributed by atoms with E-state index in [1.807, 2.05) is 19.0 Å². The second-order valence-electron chi connectivity index (χ2n) is 5.05. The van der Waals surface area contributed by atoms with Gasteiger partial charge < -0.3 is 10.2 Å². The molecule has 0 saturated carbocycles. The quantitative estimate of drug-likeness (QED) is 0.874. The molecule has 0 unspecified atom stereocenters. The second kappa shape index (κ2) is 6.92. The lowest BCUT2D eigenvalue weighted by molar-refractivity contribution is 0.631. The van der Waals surface area contributed by atoms with Crippen LogP contribution in [0.3, 0.4) is 0 Å². The number of rotatable bonds is 6. The van der Waals surface area contributed by atoms with Crippen molar-refractivity contribution in [2.24, 2.45) is 5.92 Å². The number of anilines is 2. The first kappa shape index (κ1) is 15.2. The summed E-state index contributed by atoms with van der Waals surface area (Å²) in [7, 11) is 3.93. The van der Waals surface area contributed by atoms with Crippen molar-refractivity contribution in [1.29, 1.82) is 0 Å². The van der Waals surface area contributed by atoms with Crippen molar-refractivity contribution >= 4 is 27.7 Å². The molecule has 0 saturated heterocycles. The monoisotopic (exact) mass is 314 g/mol. The van der Waals surface area contributed by atoms with Crippen molar-refractivity contribution in [2.75, 3.05) is 30.9 Å². The van der Waals surface area contributed by atoms with Gasteiger partial charge in [-0.15, -0.1) is 0 Å². The van der Waals surface area contributed by atoms with E-state index in [4.69, 9.17) is 0 Å². The van der Waals surface area contributed by atoms with E-state index in [2.05, 4.69) is 52.0 Å². The van der Waals surface area contributed by atoms with Gasteiger partial charge in [-0.05, 0) is 34.7 Å². The molecule has 0 atom stereocenters. The summed E-state index contributed by atoms with van der Waals surface area (Å²) in [6.07, 6.45) is 2.03. The molecule has 0 aliphatic rings. The van der Waals surface area contributed by atoms with Crippen LogP contribution in [0, 0.1) is 5.92 Å². The van der Waals surface area contributed by atoms with E-state index in [0.717, 1.165) is 41.3 Å². The highest BCUT2D eigenvalue weighted by Gasteiger charge is 2.14. The van der Waals surface area contributed by atoms with Crippen LogP contribution >= 0.6 is 15.9 Å². The van der Waals surface area contributed by atoms with Crippen molar-refractivity contribution in [3.05, 3.63) is 10.2 Å². The average Bonchev–Trinajstić information content (AvgIpc) is 2.29. The molecule has 0 aliphatic heterocycles. The maximum Gasteiger partial charge on any atom is 0.227 e. The van der Waals surface area contributed by atoms with E-state index in [1.165, 1.54) is 0 Å². The summed E-state index contributed by atoms with van der Waals surface area (Å²) in [5, 5.41) is 3.35. The molecule has 18 heavy (non-hydrogen) atoms. The van der Waals surface area contributed by atoms with Gasteiger partial charge in [0.25, 0.3) is 0 Å². The van der Waals surface area contributed by atoms with Crippen molar-refractivity contribution in [1.82, 2.24) is 9.97 Å². The molecular formula is C13H23BrN4. The van der Waals surface area contributed by atoms with Crippen molar-refractivity contribution < 1.29 is 0 Å². The maximum absolute atomic E-state index is 4.61. The molecule has 0 radical (unpaired) electrons. The molecule has 1 rings (SSSR count). The molecule has 1 N–H and O–H groups in total. The Morgan fingerprint density at radius 1 is 1.28 bits per heavy atom. The normalized spacial score (nSPS) is 10.8. The molecule has 1 aromatic heterocycles. The van der Waals surface area contributed by atoms with Crippen LogP contribution in [0.15, 0.2) is 4.47 Å². The van der Waals surface area contributed by atoms with Gasteiger partial charge in [0.2, 0.25) is 5.95 Å². The average molecular weight is 315 g/mol. The van der Waals surface area contributed by atoms with E-state index in [1.54, 1.807) is 0 Å². The fraction of sp³-hybridized carbons (Fsp3) is 0.692. The second-order valence-corrected chi connectivity index (χ2v) is 5.85. The summed E-state index contributed by atoms with van der Waals surface area (Å²) in [5.74, 6) is 2.23. The summed E-state index contributed by atoms with van der Waals surface area (Å²) in [4.78, 5) is 11.1. The maximum atomic E-state index is 4.61. The van der Waals surface area contributed by atoms with Crippen LogP contribution in [0.1, 0.15) is 32.9 Å². The summed E-state index contributed by atoms with van der Waals surface area (Å²) in [6, 6.07) is 0. The molecule has 0 spiro atoms. The predicted molar refractivity (Wildman–Crippen MR) is 81.4 cm³/mol. The van der Waals surface area contributed by atoms with Crippen LogP contribution in [0.2, 0.25) is 0 Å². The minimum absolute atomic E-state index is 0.574. The van der Waals surface area contributed by atoms with Crippen LogP contribution in [0.4, 0.5) is 11.8 Å². The largest absolute Gasteiger partial charge is 0.369 e. The Hall–Kier alpha value is -0.840. The third-order valence-electron chi connectivity index (χ3n) is 2.45. The van der Waals surface area contributed by atoms with E-state index in [0.29, 0.717) is 5.92 Å². The smallest absolute Gasteiger partial charge is 0.227 e. The number of hydrogen-bond acceptors (Lipinski definition) is 4. The number of aromatic nitrogens is 2. The van der Waals surface area contributed by atoms with Crippen molar-refractivity contribution in [3.63, 3.8) is 0 Å². The Morgan fingerprint density at radius 2 is 1.94 bits per heavy atom. The fourth-order valence-corrected chi connectivity index (χ4v) is 2.04. The highest BCUT2D eigenvalue weighted by Crippen LogP contribution is 2.27. The first-order valence-electron chi connectivity index (χ1n) is 6.43. The molecule has 0 aromatic carbocycles. The molecule has 0 aliphatic carbocycles. The van der Waals surface area contributed by atoms with Gasteiger partial charge >= 0.3 is 0 Å². The molecule has 0 amide bonds. The molecule has 5 heteroatoms. The Balaban J connectivity index is 3.11. The van der Waals surface area contributed by atoms with E-state index >= 15 is 0 Å². The summed E-state index contributed by atoms with van der Waals surface area (Å²) >= 11 is 3.62. The molecule has 102 valence electrons. The topological polar surface area (TPSA) is 41.1 Å². The van der Waals surface area contributed by atoms with Gasteiger partial charge in [-0.2, -0.15) is 4.98 Å². The third-order valence-corrected chi connectivity index (χ3v) is 3.29. The molecular weight excluding hydrogens is 292 g/mol. The van der Waals surface area contributed by atoms with E-state index in [9.17, 15) is 0 Å². The minimum Gasteiger partial charge on any atom is -0.369 e. The van der Waals surface area contributed by atoms with Crippen LogP contribution < -0.4 is 10.2 Å². The number of hydrogen-bond donors (Lipinski definition) is 1. The van der Waals surface area contributed by atoms with Crippen molar-refractivity contribution in [3.8, 4) is 0 Å². The van der Waals surface area contributed by atoms with Gasteiger partial charge in [0.1, 0.15) is 5.82 Å². The minimum atomic E-state index is 0.574. The van der Waals surface area contributed by atoms with E-state index < -0.39 is 0 Å². The van der Waals surface area contributed by atoms with Gasteiger partial charge in [0.05, 0.1) is 10.2 Å². The standard InChI is InChI=1S/C13H23BrN4/c1-6-7-15-12-11(14)10(8-9(2)3)16-13(17-12)18(4)5/h9H,6-8H2,1-5H3,(H,15,16,17). The lowest BCUT2D eigenvalue weighted by atomic mass is 10.1. The van der Waals surface area contributed by atoms with Gasteiger partial charge in [-0.25, -0.2) is 4.98 Å². The molecule has 0 bridgehead atoms. The zero-order valence-electron chi connectivity index (χ0n) is 11.9. The van der Waals surface area contributed by atoms with Gasteiger partial charge in [0.15, 0.2) is 0 Å². The highest BCUT2D eigenvalue weighted by molar-refractivity contribution is 9.10. The molecule has 0 fully saturated rings. The summed E-state index contributed by atoms with van der Waals surface area (Å²) in [6.45, 7) is 7.46. The van der Waals surface area contributed by atoms with Crippen LogP contribution in [0.25, 0.3) is 0 Å². The molecule has 1 heterocycles. The first-order valence-corrected chi connectivity index (χ1v) is 7.22. The Kier molecular flexibility index (Phi) is 5.85. The predicted octanol–water partition coefficient (Wildman–Crippen LogP) is 3.33. The van der Waals surface area contributed by atoms with Crippen molar-refractivity contribution in [2.45, 2.75) is 33.6 Å². The van der Waals surface area contributed by atoms with Crippen LogP contribution in [0.5, 0.6) is 0 Å². The highest BCUT2D eigenvalue weighted by atomic mass is 79.9. The van der Waals surface area contributed by atoms with Crippen LogP contribution in [-0.4, -0.2) is 30.6 Å². The molecule has 4 nitrogen and oxygen atoms in total. The summed E-state index contributed by atoms with van der Waals surface area (Å²) in [5.41, 5.74) is 1.07. The lowest BCUT2D eigenvalue weighted by Crippen LogP contribution is -2.16. The Bertz CT molecular complexity index is 391. The first-order chi connectivity index (χ1) is 8.45.